The second-order valence-electron chi connectivity index (χ2n) is 8.00. The van der Waals surface area contributed by atoms with E-state index in [1.807, 2.05) is 0 Å². The predicted octanol–water partition coefficient (Wildman–Crippen LogP) is 5.93. The zero-order valence-corrected chi connectivity index (χ0v) is 20.6. The first-order chi connectivity index (χ1) is 17.9. The highest BCUT2D eigenvalue weighted by atomic mass is 35.5. The van der Waals surface area contributed by atoms with E-state index in [4.69, 9.17) is 25.8 Å². The number of benzene rings is 3. The van der Waals surface area contributed by atoms with Gasteiger partial charge in [0.1, 0.15) is 23.6 Å². The molecule has 0 radical (unpaired) electrons. The molecular weight excluding hydrogens is 494 g/mol. The molecule has 4 aromatic rings. The first-order valence-corrected chi connectivity index (χ1v) is 11.5. The van der Waals surface area contributed by atoms with Crippen molar-refractivity contribution in [1.29, 1.82) is 0 Å². The van der Waals surface area contributed by atoms with Gasteiger partial charge in [0, 0.05) is 33.3 Å². The smallest absolute Gasteiger partial charge is 0.186 e. The van der Waals surface area contributed by atoms with Gasteiger partial charge in [0.15, 0.2) is 23.1 Å². The van der Waals surface area contributed by atoms with Crippen LogP contribution in [0.5, 0.6) is 23.0 Å². The second kappa shape index (κ2) is 10.1. The van der Waals surface area contributed by atoms with Gasteiger partial charge in [-0.25, -0.2) is 9.97 Å². The molecule has 0 bridgehead atoms. The van der Waals surface area contributed by atoms with Gasteiger partial charge < -0.3 is 19.5 Å². The highest BCUT2D eigenvalue weighted by Gasteiger charge is 2.21. The SMILES string of the molecule is COc1cc2ncnc(Nc3ccc(Oc4ccc(Cl)cc4)c(C4=CC(=O)C=CC4=O)c3)c2cc1OC. The van der Waals surface area contributed by atoms with Crippen molar-refractivity contribution >= 4 is 51.1 Å². The molecule has 1 aromatic heterocycles. The summed E-state index contributed by atoms with van der Waals surface area (Å²) in [4.78, 5) is 33.5. The van der Waals surface area contributed by atoms with Crippen molar-refractivity contribution in [2.24, 2.45) is 0 Å². The summed E-state index contributed by atoms with van der Waals surface area (Å²) in [6.45, 7) is 0. The zero-order chi connectivity index (χ0) is 25.9. The molecule has 0 amide bonds. The summed E-state index contributed by atoms with van der Waals surface area (Å²) in [6.07, 6.45) is 5.23. The Kier molecular flexibility index (Phi) is 6.57. The van der Waals surface area contributed by atoms with Crippen LogP contribution in [-0.2, 0) is 9.59 Å². The van der Waals surface area contributed by atoms with Gasteiger partial charge in [0.05, 0.1) is 19.7 Å². The number of halogens is 1. The van der Waals surface area contributed by atoms with Gasteiger partial charge in [-0.05, 0) is 66.8 Å². The van der Waals surface area contributed by atoms with E-state index in [9.17, 15) is 9.59 Å². The highest BCUT2D eigenvalue weighted by Crippen LogP contribution is 2.37. The molecule has 0 unspecified atom stereocenters. The summed E-state index contributed by atoms with van der Waals surface area (Å²) in [5.41, 5.74) is 1.93. The van der Waals surface area contributed by atoms with Crippen LogP contribution in [0.1, 0.15) is 5.56 Å². The number of rotatable bonds is 7. The number of allylic oxidation sites excluding steroid dienone is 4. The monoisotopic (exact) mass is 513 g/mol. The van der Waals surface area contributed by atoms with E-state index < -0.39 is 0 Å². The first-order valence-electron chi connectivity index (χ1n) is 11.1. The molecule has 1 heterocycles. The minimum Gasteiger partial charge on any atom is -0.493 e. The number of ketones is 2. The average Bonchev–Trinajstić information content (AvgIpc) is 2.91. The molecule has 0 aliphatic heterocycles. The number of hydrogen-bond donors (Lipinski definition) is 1. The first kappa shape index (κ1) is 24.0. The van der Waals surface area contributed by atoms with E-state index in [-0.39, 0.29) is 17.1 Å². The van der Waals surface area contributed by atoms with Crippen LogP contribution >= 0.6 is 11.6 Å². The third-order valence-corrected chi connectivity index (χ3v) is 5.92. The molecule has 0 atom stereocenters. The van der Waals surface area contributed by atoms with Gasteiger partial charge in [-0.3, -0.25) is 9.59 Å². The number of carbonyl (C=O) groups is 2. The Morgan fingerprint density at radius 2 is 1.59 bits per heavy atom. The van der Waals surface area contributed by atoms with Gasteiger partial charge in [-0.2, -0.15) is 0 Å². The lowest BCUT2D eigenvalue weighted by Crippen LogP contribution is -2.08. The third-order valence-electron chi connectivity index (χ3n) is 5.67. The van der Waals surface area contributed by atoms with Gasteiger partial charge >= 0.3 is 0 Å². The van der Waals surface area contributed by atoms with Crippen LogP contribution in [0.25, 0.3) is 16.5 Å². The van der Waals surface area contributed by atoms with Crippen molar-refractivity contribution in [2.45, 2.75) is 0 Å². The number of anilines is 2. The molecule has 0 saturated heterocycles. The van der Waals surface area contributed by atoms with Crippen LogP contribution in [-0.4, -0.2) is 35.8 Å². The minimum absolute atomic E-state index is 0.221. The predicted molar refractivity (Wildman–Crippen MR) is 141 cm³/mol. The van der Waals surface area contributed by atoms with Crippen molar-refractivity contribution in [3.05, 3.63) is 89.7 Å². The lowest BCUT2D eigenvalue weighted by Gasteiger charge is -2.17. The number of ether oxygens (including phenoxy) is 3. The van der Waals surface area contributed by atoms with Gasteiger partial charge in [-0.15, -0.1) is 0 Å². The van der Waals surface area contributed by atoms with Crippen molar-refractivity contribution < 1.29 is 23.8 Å². The quantitative estimate of drug-likeness (QED) is 0.304. The lowest BCUT2D eigenvalue weighted by atomic mass is 9.95. The molecule has 37 heavy (non-hydrogen) atoms. The van der Waals surface area contributed by atoms with Gasteiger partial charge in [0.2, 0.25) is 0 Å². The Balaban J connectivity index is 1.57. The van der Waals surface area contributed by atoms with Gasteiger partial charge in [0.25, 0.3) is 0 Å². The molecule has 0 saturated carbocycles. The van der Waals surface area contributed by atoms with Crippen LogP contribution < -0.4 is 19.5 Å². The van der Waals surface area contributed by atoms with Crippen molar-refractivity contribution in [1.82, 2.24) is 9.97 Å². The summed E-state index contributed by atoms with van der Waals surface area (Å²) in [5, 5.41) is 4.55. The molecule has 8 nitrogen and oxygen atoms in total. The van der Waals surface area contributed by atoms with Crippen molar-refractivity contribution in [3.63, 3.8) is 0 Å². The molecule has 184 valence electrons. The molecule has 9 heteroatoms. The summed E-state index contributed by atoms with van der Waals surface area (Å²) >= 11 is 5.99. The fourth-order valence-electron chi connectivity index (χ4n) is 3.88. The number of fused-ring (bicyclic) bond motifs is 1. The molecule has 1 aliphatic rings. The van der Waals surface area contributed by atoms with Crippen LogP contribution in [0, 0.1) is 0 Å². The van der Waals surface area contributed by atoms with E-state index in [1.165, 1.54) is 24.6 Å². The summed E-state index contributed by atoms with van der Waals surface area (Å²) < 4.78 is 16.9. The lowest BCUT2D eigenvalue weighted by molar-refractivity contribution is -0.113. The molecule has 0 fully saturated rings. The summed E-state index contributed by atoms with van der Waals surface area (Å²) in [7, 11) is 3.11. The van der Waals surface area contributed by atoms with Crippen LogP contribution in [0.15, 0.2) is 79.2 Å². The molecule has 0 spiro atoms. The topological polar surface area (TPSA) is 99.6 Å². The standard InChI is InChI=1S/C28H20ClN3O5/c1-35-26-13-22-23(14-27(26)36-2)30-15-31-28(22)32-17-5-10-25(37-19-7-3-16(29)4-8-19)21(11-17)20-12-18(33)6-9-24(20)34/h3-15H,1-2H3,(H,30,31,32). The Morgan fingerprint density at radius 3 is 2.35 bits per heavy atom. The number of hydrogen-bond acceptors (Lipinski definition) is 8. The van der Waals surface area contributed by atoms with Gasteiger partial charge in [-0.1, -0.05) is 11.6 Å². The van der Waals surface area contributed by atoms with Crippen LogP contribution in [0.4, 0.5) is 11.5 Å². The number of nitrogens with one attached hydrogen (secondary N) is 1. The van der Waals surface area contributed by atoms with Crippen molar-refractivity contribution in [3.8, 4) is 23.0 Å². The maximum Gasteiger partial charge on any atom is 0.186 e. The fourth-order valence-corrected chi connectivity index (χ4v) is 4.00. The Morgan fingerprint density at radius 1 is 0.838 bits per heavy atom. The number of carbonyl (C=O) groups excluding carboxylic acids is 2. The Bertz CT molecular complexity index is 1600. The number of nitrogens with zero attached hydrogens (tertiary/aromatic N) is 2. The molecular formula is C28H20ClN3O5. The Hall–Kier alpha value is -4.69. The van der Waals surface area contributed by atoms with E-state index in [0.29, 0.717) is 56.0 Å². The van der Waals surface area contributed by atoms with E-state index in [2.05, 4.69) is 15.3 Å². The third kappa shape index (κ3) is 5.00. The Labute approximate surface area is 217 Å². The van der Waals surface area contributed by atoms with Crippen LogP contribution in [0.3, 0.4) is 0 Å². The molecule has 1 N–H and O–H groups in total. The average molecular weight is 514 g/mol. The molecule has 1 aliphatic carbocycles. The molecule has 5 rings (SSSR count). The maximum absolute atomic E-state index is 12.7. The van der Waals surface area contributed by atoms with E-state index in [1.54, 1.807) is 68.8 Å². The normalized spacial score (nSPS) is 12.9. The van der Waals surface area contributed by atoms with Crippen LogP contribution in [0.2, 0.25) is 5.02 Å². The number of methoxy groups -OCH3 is 2. The highest BCUT2D eigenvalue weighted by molar-refractivity contribution is 6.34. The van der Waals surface area contributed by atoms with E-state index in [0.717, 1.165) is 0 Å². The number of aromatic nitrogens is 2. The largest absolute Gasteiger partial charge is 0.493 e. The fraction of sp³-hybridized carbons (Fsp3) is 0.0714. The summed E-state index contributed by atoms with van der Waals surface area (Å²) in [5.74, 6) is 1.93. The zero-order valence-electron chi connectivity index (χ0n) is 19.8. The maximum atomic E-state index is 12.7. The van der Waals surface area contributed by atoms with E-state index >= 15 is 0 Å². The summed E-state index contributed by atoms with van der Waals surface area (Å²) in [6, 6.07) is 15.6. The van der Waals surface area contributed by atoms with Crippen molar-refractivity contribution in [2.75, 3.05) is 19.5 Å². The second-order valence-corrected chi connectivity index (χ2v) is 8.43. The molecule has 3 aromatic carbocycles. The minimum atomic E-state index is -0.304.